The molecule has 0 saturated carbocycles. The molecule has 0 aliphatic heterocycles. The van der Waals surface area contributed by atoms with Gasteiger partial charge in [-0.2, -0.15) is 0 Å². The number of halogens is 1. The Balaban J connectivity index is 1.76. The predicted octanol–water partition coefficient (Wildman–Crippen LogP) is 4.26. The van der Waals surface area contributed by atoms with E-state index in [1.54, 1.807) is 29.8 Å². The number of benzene rings is 2. The zero-order valence-electron chi connectivity index (χ0n) is 13.8. The van der Waals surface area contributed by atoms with Crippen LogP contribution in [0.1, 0.15) is 11.1 Å². The molecule has 4 rings (SSSR count). The van der Waals surface area contributed by atoms with Gasteiger partial charge in [0.05, 0.1) is 11.0 Å². The van der Waals surface area contributed by atoms with Crippen LogP contribution in [-0.4, -0.2) is 9.55 Å². The van der Waals surface area contributed by atoms with Crippen LogP contribution >= 0.6 is 0 Å². The standard InChI is InChI=1S/C21H17FN2O/c1-24-20(25)10-9-19-21(24)18(13-23-19)16-4-2-3-15(12-16)11-14-5-7-17(22)8-6-14/h2-10,12-13,23H,11H2,1H3. The van der Waals surface area contributed by atoms with Crippen molar-refractivity contribution in [1.82, 2.24) is 9.55 Å². The van der Waals surface area contributed by atoms with Gasteiger partial charge in [-0.3, -0.25) is 4.79 Å². The number of rotatable bonds is 3. The van der Waals surface area contributed by atoms with Crippen LogP contribution in [0.5, 0.6) is 0 Å². The summed E-state index contributed by atoms with van der Waals surface area (Å²) in [6.45, 7) is 0. The average Bonchev–Trinajstić information content (AvgIpc) is 3.05. The molecule has 0 aliphatic carbocycles. The first-order valence-electron chi connectivity index (χ1n) is 8.13. The van der Waals surface area contributed by atoms with Crippen LogP contribution in [0.3, 0.4) is 0 Å². The number of nitrogens with zero attached hydrogens (tertiary/aromatic N) is 1. The maximum Gasteiger partial charge on any atom is 0.250 e. The van der Waals surface area contributed by atoms with Crippen LogP contribution in [0.25, 0.3) is 22.2 Å². The van der Waals surface area contributed by atoms with E-state index in [-0.39, 0.29) is 11.4 Å². The summed E-state index contributed by atoms with van der Waals surface area (Å²) in [5.41, 5.74) is 6.04. The van der Waals surface area contributed by atoms with Crippen molar-refractivity contribution in [3.63, 3.8) is 0 Å². The van der Waals surface area contributed by atoms with Crippen molar-refractivity contribution in [1.29, 1.82) is 0 Å². The van der Waals surface area contributed by atoms with Crippen LogP contribution < -0.4 is 5.56 Å². The summed E-state index contributed by atoms with van der Waals surface area (Å²) < 4.78 is 14.7. The van der Waals surface area contributed by atoms with E-state index in [9.17, 15) is 9.18 Å². The molecule has 0 unspecified atom stereocenters. The number of H-pyrrole nitrogens is 1. The minimum absolute atomic E-state index is 0.0317. The molecule has 0 atom stereocenters. The van der Waals surface area contributed by atoms with Gasteiger partial charge in [0.15, 0.2) is 0 Å². The van der Waals surface area contributed by atoms with Gasteiger partial charge < -0.3 is 9.55 Å². The SMILES string of the molecule is Cn1c(=O)ccc2[nH]cc(-c3cccc(Cc4ccc(F)cc4)c3)c21. The van der Waals surface area contributed by atoms with Gasteiger partial charge in [0.25, 0.3) is 5.56 Å². The normalized spacial score (nSPS) is 11.1. The maximum atomic E-state index is 13.1. The minimum Gasteiger partial charge on any atom is -0.359 e. The first-order valence-corrected chi connectivity index (χ1v) is 8.13. The van der Waals surface area contributed by atoms with Crippen LogP contribution in [0.15, 0.2) is 71.7 Å². The molecule has 124 valence electrons. The Morgan fingerprint density at radius 3 is 2.60 bits per heavy atom. The highest BCUT2D eigenvalue weighted by Crippen LogP contribution is 2.28. The van der Waals surface area contributed by atoms with E-state index in [4.69, 9.17) is 0 Å². The third kappa shape index (κ3) is 2.87. The second-order valence-corrected chi connectivity index (χ2v) is 6.20. The largest absolute Gasteiger partial charge is 0.359 e. The number of pyridine rings is 1. The van der Waals surface area contributed by atoms with E-state index < -0.39 is 0 Å². The molecule has 0 saturated heterocycles. The second-order valence-electron chi connectivity index (χ2n) is 6.20. The van der Waals surface area contributed by atoms with Crippen LogP contribution in [-0.2, 0) is 13.5 Å². The van der Waals surface area contributed by atoms with E-state index in [1.807, 2.05) is 24.4 Å². The maximum absolute atomic E-state index is 13.1. The number of aromatic amines is 1. The Morgan fingerprint density at radius 2 is 1.80 bits per heavy atom. The molecular weight excluding hydrogens is 315 g/mol. The van der Waals surface area contributed by atoms with E-state index in [0.717, 1.165) is 39.7 Å². The van der Waals surface area contributed by atoms with Crippen molar-refractivity contribution < 1.29 is 4.39 Å². The van der Waals surface area contributed by atoms with E-state index in [2.05, 4.69) is 17.1 Å². The van der Waals surface area contributed by atoms with E-state index >= 15 is 0 Å². The van der Waals surface area contributed by atoms with Gasteiger partial charge in [0, 0.05) is 24.9 Å². The van der Waals surface area contributed by atoms with Crippen molar-refractivity contribution in [2.75, 3.05) is 0 Å². The summed E-state index contributed by atoms with van der Waals surface area (Å²) >= 11 is 0. The van der Waals surface area contributed by atoms with Gasteiger partial charge in [-0.25, -0.2) is 4.39 Å². The molecular formula is C21H17FN2O. The van der Waals surface area contributed by atoms with Gasteiger partial charge in [-0.05, 0) is 41.3 Å². The molecule has 2 aromatic heterocycles. The monoisotopic (exact) mass is 332 g/mol. The Hall–Kier alpha value is -3.14. The van der Waals surface area contributed by atoms with E-state index in [1.165, 1.54) is 12.1 Å². The van der Waals surface area contributed by atoms with Crippen molar-refractivity contribution in [2.24, 2.45) is 7.05 Å². The highest BCUT2D eigenvalue weighted by atomic mass is 19.1. The number of nitrogens with one attached hydrogen (secondary N) is 1. The predicted molar refractivity (Wildman–Crippen MR) is 98.2 cm³/mol. The van der Waals surface area contributed by atoms with Gasteiger partial charge >= 0.3 is 0 Å². The molecule has 4 heteroatoms. The highest BCUT2D eigenvalue weighted by Gasteiger charge is 2.10. The van der Waals surface area contributed by atoms with Crippen molar-refractivity contribution >= 4 is 11.0 Å². The lowest BCUT2D eigenvalue weighted by Crippen LogP contribution is -2.14. The molecule has 0 bridgehead atoms. The van der Waals surface area contributed by atoms with Gasteiger partial charge in [-0.15, -0.1) is 0 Å². The molecule has 25 heavy (non-hydrogen) atoms. The number of hydrogen-bond donors (Lipinski definition) is 1. The molecule has 1 N–H and O–H groups in total. The first kappa shape index (κ1) is 15.4. The molecule has 3 nitrogen and oxygen atoms in total. The lowest BCUT2D eigenvalue weighted by atomic mass is 10.00. The summed E-state index contributed by atoms with van der Waals surface area (Å²) in [6.07, 6.45) is 2.66. The molecule has 4 aromatic rings. The third-order valence-electron chi connectivity index (χ3n) is 4.50. The fraction of sp³-hybridized carbons (Fsp3) is 0.0952. The van der Waals surface area contributed by atoms with Crippen molar-refractivity contribution in [2.45, 2.75) is 6.42 Å². The van der Waals surface area contributed by atoms with E-state index in [0.29, 0.717) is 0 Å². The second kappa shape index (κ2) is 6.06. The van der Waals surface area contributed by atoms with Crippen molar-refractivity contribution in [3.05, 3.63) is 94.2 Å². The zero-order valence-corrected chi connectivity index (χ0v) is 13.8. The van der Waals surface area contributed by atoms with Gasteiger partial charge in [0.1, 0.15) is 5.82 Å². The lowest BCUT2D eigenvalue weighted by molar-refractivity contribution is 0.627. The van der Waals surface area contributed by atoms with Gasteiger partial charge in [-0.1, -0.05) is 36.4 Å². The fourth-order valence-electron chi connectivity index (χ4n) is 3.20. The van der Waals surface area contributed by atoms with Crippen LogP contribution in [0.4, 0.5) is 4.39 Å². The molecule has 2 aromatic carbocycles. The number of aryl methyl sites for hydroxylation is 1. The number of fused-ring (bicyclic) bond motifs is 1. The Morgan fingerprint density at radius 1 is 1.00 bits per heavy atom. The summed E-state index contributed by atoms with van der Waals surface area (Å²) in [6, 6.07) is 18.2. The quantitative estimate of drug-likeness (QED) is 0.598. The third-order valence-corrected chi connectivity index (χ3v) is 4.50. The molecule has 0 spiro atoms. The summed E-state index contributed by atoms with van der Waals surface area (Å²) in [4.78, 5) is 15.2. The Kier molecular flexibility index (Phi) is 3.73. The number of aromatic nitrogens is 2. The molecule has 0 aliphatic rings. The summed E-state index contributed by atoms with van der Waals surface area (Å²) in [5.74, 6) is -0.225. The lowest BCUT2D eigenvalue weighted by Gasteiger charge is -2.07. The van der Waals surface area contributed by atoms with Gasteiger partial charge in [0.2, 0.25) is 0 Å². The molecule has 2 heterocycles. The first-order chi connectivity index (χ1) is 12.1. The van der Waals surface area contributed by atoms with Crippen LogP contribution in [0.2, 0.25) is 0 Å². The Labute approximate surface area is 144 Å². The zero-order chi connectivity index (χ0) is 17.4. The smallest absolute Gasteiger partial charge is 0.250 e. The molecule has 0 amide bonds. The molecule has 0 radical (unpaired) electrons. The van der Waals surface area contributed by atoms with Crippen LogP contribution in [0, 0.1) is 5.82 Å². The average molecular weight is 332 g/mol. The van der Waals surface area contributed by atoms with Crippen molar-refractivity contribution in [3.8, 4) is 11.1 Å². The minimum atomic E-state index is -0.225. The molecule has 0 fully saturated rings. The highest BCUT2D eigenvalue weighted by molar-refractivity contribution is 5.92. The summed E-state index contributed by atoms with van der Waals surface area (Å²) in [5, 5.41) is 0. The fourth-order valence-corrected chi connectivity index (χ4v) is 3.20. The summed E-state index contributed by atoms with van der Waals surface area (Å²) in [7, 11) is 1.78. The topological polar surface area (TPSA) is 37.8 Å². The number of hydrogen-bond acceptors (Lipinski definition) is 1. The Bertz CT molecular complexity index is 1110.